The molecule has 6 heteroatoms. The van der Waals surface area contributed by atoms with Gasteiger partial charge < -0.3 is 20.1 Å². The largest absolute Gasteiger partial charge is 0.493 e. The Kier molecular flexibility index (Phi) is 3.28. The van der Waals surface area contributed by atoms with Gasteiger partial charge in [0.25, 0.3) is 0 Å². The zero-order valence-corrected chi connectivity index (χ0v) is 11.9. The number of nitrogens with one attached hydrogen (secondary N) is 2. The second kappa shape index (κ2) is 5.09. The van der Waals surface area contributed by atoms with Gasteiger partial charge in [-0.1, -0.05) is 11.6 Å². The fourth-order valence-electron chi connectivity index (χ4n) is 2.23. The van der Waals surface area contributed by atoms with Crippen LogP contribution in [0.15, 0.2) is 39.9 Å². The fourth-order valence-corrected chi connectivity index (χ4v) is 2.38. The molecule has 1 aromatic carbocycles. The van der Waals surface area contributed by atoms with Crippen molar-refractivity contribution >= 4 is 23.5 Å². The highest BCUT2D eigenvalue weighted by Crippen LogP contribution is 2.37. The maximum absolute atomic E-state index is 6.01. The molecule has 0 amide bonds. The van der Waals surface area contributed by atoms with E-state index < -0.39 is 0 Å². The van der Waals surface area contributed by atoms with Crippen LogP contribution in [0.5, 0.6) is 11.5 Å². The van der Waals surface area contributed by atoms with Crippen molar-refractivity contribution in [3.05, 3.63) is 40.4 Å². The van der Waals surface area contributed by atoms with Crippen molar-refractivity contribution in [2.24, 2.45) is 4.99 Å². The van der Waals surface area contributed by atoms with E-state index in [1.54, 1.807) is 26.5 Å². The monoisotopic (exact) mass is 291 g/mol. The number of benzene rings is 1. The number of methoxy groups -OCH3 is 2. The molecule has 0 atom stereocenters. The Labute approximate surface area is 121 Å². The van der Waals surface area contributed by atoms with Crippen molar-refractivity contribution in [3.8, 4) is 11.5 Å². The quantitative estimate of drug-likeness (QED) is 0.823. The van der Waals surface area contributed by atoms with E-state index in [1.165, 1.54) is 0 Å². The molecule has 0 aliphatic carbocycles. The van der Waals surface area contributed by atoms with E-state index in [0.717, 1.165) is 22.8 Å². The third-order valence-electron chi connectivity index (χ3n) is 3.21. The van der Waals surface area contributed by atoms with E-state index >= 15 is 0 Å². The zero-order chi connectivity index (χ0) is 14.1. The maximum atomic E-state index is 6.01. The minimum absolute atomic E-state index is 0.523. The number of allylic oxidation sites excluding steroid dienone is 2. The molecule has 2 aliphatic heterocycles. The third kappa shape index (κ3) is 2.20. The lowest BCUT2D eigenvalue weighted by atomic mass is 10.0. The second-order valence-electron chi connectivity index (χ2n) is 4.41. The number of hydrogen-bond donors (Lipinski definition) is 2. The Morgan fingerprint density at radius 3 is 2.65 bits per heavy atom. The number of anilines is 1. The molecule has 2 N–H and O–H groups in total. The van der Waals surface area contributed by atoms with E-state index in [9.17, 15) is 0 Å². The first-order valence-electron chi connectivity index (χ1n) is 6.13. The zero-order valence-electron chi connectivity index (χ0n) is 11.2. The Hall–Kier alpha value is -2.14. The number of aliphatic imine (C=N–C) groups is 1. The molecule has 0 aromatic heterocycles. The molecule has 2 heterocycles. The third-order valence-corrected chi connectivity index (χ3v) is 3.43. The summed E-state index contributed by atoms with van der Waals surface area (Å²) in [6.45, 7) is 0. The van der Waals surface area contributed by atoms with Crippen LogP contribution in [0.1, 0.15) is 5.56 Å². The van der Waals surface area contributed by atoms with Crippen molar-refractivity contribution in [2.45, 2.75) is 6.42 Å². The first kappa shape index (κ1) is 12.9. The molecule has 20 heavy (non-hydrogen) atoms. The SMILES string of the molecule is COc1cc2c(cc1OC)NC1=C(C2)N=CC=C(Cl)N1. The smallest absolute Gasteiger partial charge is 0.162 e. The number of halogens is 1. The number of rotatable bonds is 2. The topological polar surface area (TPSA) is 54.9 Å². The van der Waals surface area contributed by atoms with Crippen LogP contribution >= 0.6 is 11.6 Å². The second-order valence-corrected chi connectivity index (χ2v) is 4.81. The molecule has 2 aliphatic rings. The molecule has 0 spiro atoms. The van der Waals surface area contributed by atoms with Crippen LogP contribution in [-0.4, -0.2) is 20.4 Å². The molecule has 0 fully saturated rings. The summed E-state index contributed by atoms with van der Waals surface area (Å²) >= 11 is 6.01. The highest BCUT2D eigenvalue weighted by molar-refractivity contribution is 6.30. The van der Waals surface area contributed by atoms with Crippen molar-refractivity contribution in [1.29, 1.82) is 0 Å². The first-order chi connectivity index (χ1) is 9.71. The molecule has 0 radical (unpaired) electrons. The van der Waals surface area contributed by atoms with Crippen LogP contribution in [0, 0.1) is 0 Å². The lowest BCUT2D eigenvalue weighted by Gasteiger charge is -2.24. The van der Waals surface area contributed by atoms with Crippen molar-refractivity contribution in [2.75, 3.05) is 19.5 Å². The van der Waals surface area contributed by atoms with Gasteiger partial charge in [0.2, 0.25) is 0 Å². The van der Waals surface area contributed by atoms with E-state index in [1.807, 2.05) is 12.1 Å². The standard InChI is InChI=1S/C14H14ClN3O2/c1-19-11-6-8-5-10-14(18-13(15)3-4-16-10)17-9(8)7-12(11)20-2/h3-4,6-7,17-18H,5H2,1-2H3. The number of ether oxygens (including phenoxy) is 2. The average Bonchev–Trinajstić information content (AvgIpc) is 2.63. The highest BCUT2D eigenvalue weighted by Gasteiger charge is 2.21. The van der Waals surface area contributed by atoms with Crippen molar-refractivity contribution < 1.29 is 9.47 Å². The summed E-state index contributed by atoms with van der Waals surface area (Å²) in [7, 11) is 3.24. The predicted molar refractivity (Wildman–Crippen MR) is 79.5 cm³/mol. The highest BCUT2D eigenvalue weighted by atomic mass is 35.5. The van der Waals surface area contributed by atoms with E-state index in [2.05, 4.69) is 15.6 Å². The molecule has 0 bridgehead atoms. The van der Waals surface area contributed by atoms with Crippen LogP contribution < -0.4 is 20.1 Å². The van der Waals surface area contributed by atoms with Gasteiger partial charge in [-0.3, -0.25) is 4.99 Å². The van der Waals surface area contributed by atoms with Crippen LogP contribution in [0.25, 0.3) is 0 Å². The summed E-state index contributed by atoms with van der Waals surface area (Å²) in [5.41, 5.74) is 2.95. The summed E-state index contributed by atoms with van der Waals surface area (Å²) in [5, 5.41) is 6.90. The molecule has 0 saturated heterocycles. The molecule has 3 rings (SSSR count). The lowest BCUT2D eigenvalue weighted by Crippen LogP contribution is -2.23. The molecular formula is C14H14ClN3O2. The number of nitrogens with zero attached hydrogens (tertiary/aromatic N) is 1. The molecule has 0 unspecified atom stereocenters. The van der Waals surface area contributed by atoms with E-state index in [4.69, 9.17) is 21.1 Å². The van der Waals surface area contributed by atoms with Gasteiger partial charge >= 0.3 is 0 Å². The van der Waals surface area contributed by atoms with Crippen molar-refractivity contribution in [1.82, 2.24) is 5.32 Å². The number of hydrogen-bond acceptors (Lipinski definition) is 5. The van der Waals surface area contributed by atoms with Gasteiger partial charge in [-0.15, -0.1) is 0 Å². The predicted octanol–water partition coefficient (Wildman–Crippen LogP) is 2.60. The fraction of sp³-hybridized carbons (Fsp3) is 0.214. The van der Waals surface area contributed by atoms with Crippen LogP contribution in [0.2, 0.25) is 0 Å². The lowest BCUT2D eigenvalue weighted by molar-refractivity contribution is 0.354. The minimum atomic E-state index is 0.523. The van der Waals surface area contributed by atoms with Gasteiger partial charge in [0.15, 0.2) is 11.5 Å². The molecule has 1 aromatic rings. The normalized spacial score (nSPS) is 16.2. The van der Waals surface area contributed by atoms with Gasteiger partial charge in [-0.2, -0.15) is 0 Å². The van der Waals surface area contributed by atoms with Gasteiger partial charge in [0.05, 0.1) is 19.9 Å². The van der Waals surface area contributed by atoms with E-state index in [-0.39, 0.29) is 0 Å². The van der Waals surface area contributed by atoms with Crippen LogP contribution in [0.4, 0.5) is 5.69 Å². The molecule has 104 valence electrons. The molecule has 5 nitrogen and oxygen atoms in total. The summed E-state index contributed by atoms with van der Waals surface area (Å²) < 4.78 is 10.6. The van der Waals surface area contributed by atoms with Gasteiger partial charge in [0.1, 0.15) is 11.0 Å². The Morgan fingerprint density at radius 2 is 1.90 bits per heavy atom. The first-order valence-corrected chi connectivity index (χ1v) is 6.51. The summed E-state index contributed by atoms with van der Waals surface area (Å²) in [4.78, 5) is 4.39. The van der Waals surface area contributed by atoms with Crippen LogP contribution in [0.3, 0.4) is 0 Å². The van der Waals surface area contributed by atoms with Crippen molar-refractivity contribution in [3.63, 3.8) is 0 Å². The Balaban J connectivity index is 2.00. The van der Waals surface area contributed by atoms with E-state index in [0.29, 0.717) is 23.1 Å². The molecular weight excluding hydrogens is 278 g/mol. The summed E-state index contributed by atoms with van der Waals surface area (Å²) in [6, 6.07) is 3.87. The summed E-state index contributed by atoms with van der Waals surface area (Å²) in [6.07, 6.45) is 4.10. The average molecular weight is 292 g/mol. The number of fused-ring (bicyclic) bond motifs is 1. The van der Waals surface area contributed by atoms with Gasteiger partial charge in [-0.05, 0) is 17.7 Å². The van der Waals surface area contributed by atoms with Gasteiger partial charge in [-0.25, -0.2) is 0 Å². The Bertz CT molecular complexity index is 650. The summed E-state index contributed by atoms with van der Waals surface area (Å²) in [5.74, 6) is 2.18. The Morgan fingerprint density at radius 1 is 1.15 bits per heavy atom. The molecule has 0 saturated carbocycles. The maximum Gasteiger partial charge on any atom is 0.162 e. The van der Waals surface area contributed by atoms with Gasteiger partial charge in [0, 0.05) is 24.4 Å². The minimum Gasteiger partial charge on any atom is -0.493 e. The van der Waals surface area contributed by atoms with Crippen LogP contribution in [-0.2, 0) is 6.42 Å².